The first-order valence-electron chi connectivity index (χ1n) is 16.8. The first-order valence-corrected chi connectivity index (χ1v) is 16.8. The van der Waals surface area contributed by atoms with Crippen LogP contribution in [0.15, 0.2) is 36.5 Å². The van der Waals surface area contributed by atoms with E-state index in [-0.39, 0.29) is 18.7 Å². The van der Waals surface area contributed by atoms with Crippen LogP contribution in [-0.2, 0) is 27.2 Å². The summed E-state index contributed by atoms with van der Waals surface area (Å²) in [6.07, 6.45) is 4.27. The number of fused-ring (bicyclic) bond motifs is 1. The van der Waals surface area contributed by atoms with Gasteiger partial charge in [-0.3, -0.25) is 4.79 Å². The quantitative estimate of drug-likeness (QED) is 0.336. The number of amides is 2. The van der Waals surface area contributed by atoms with Gasteiger partial charge in [-0.2, -0.15) is 0 Å². The van der Waals surface area contributed by atoms with E-state index in [2.05, 4.69) is 43.8 Å². The smallest absolute Gasteiger partial charge is 0.417 e. The molecule has 258 valence electrons. The predicted octanol–water partition coefficient (Wildman–Crippen LogP) is 4.93. The van der Waals surface area contributed by atoms with Crippen molar-refractivity contribution in [3.63, 3.8) is 0 Å². The molecule has 3 aliphatic heterocycles. The number of likely N-dealkylation sites (N-methyl/N-ethyl adjacent to an activating group) is 1. The summed E-state index contributed by atoms with van der Waals surface area (Å²) in [6, 6.07) is 9.73. The summed E-state index contributed by atoms with van der Waals surface area (Å²) in [5.41, 5.74) is 3.77. The Morgan fingerprint density at radius 1 is 1.08 bits per heavy atom. The number of piperazine rings is 1. The van der Waals surface area contributed by atoms with Crippen LogP contribution >= 0.6 is 0 Å². The van der Waals surface area contributed by atoms with Gasteiger partial charge < -0.3 is 38.6 Å². The minimum Gasteiger partial charge on any atom is -0.495 e. The SMILES string of the molecule is COc1ccc(N2CCN(C)CC2)cc1Nc1nccc(-c2cc3c(n2CCOC2CCCCO2)CCN(C(=O)OC(C)(C)C)C3=O)n1. The average Bonchev–Trinajstić information content (AvgIpc) is 3.44. The number of rotatable bonds is 9. The molecule has 1 unspecified atom stereocenters. The minimum absolute atomic E-state index is 0.219. The summed E-state index contributed by atoms with van der Waals surface area (Å²) in [5, 5.41) is 3.37. The summed E-state index contributed by atoms with van der Waals surface area (Å²) in [4.78, 5) is 41.9. The molecule has 3 aliphatic rings. The number of benzene rings is 1. The Morgan fingerprint density at radius 2 is 1.90 bits per heavy atom. The summed E-state index contributed by atoms with van der Waals surface area (Å²) in [7, 11) is 3.78. The molecule has 5 heterocycles. The fourth-order valence-corrected chi connectivity index (χ4v) is 6.32. The monoisotopic (exact) mass is 661 g/mol. The van der Waals surface area contributed by atoms with Crippen LogP contribution in [0, 0.1) is 0 Å². The summed E-state index contributed by atoms with van der Waals surface area (Å²) in [6.45, 7) is 11.0. The topological polar surface area (TPSA) is 124 Å². The molecule has 0 spiro atoms. The van der Waals surface area contributed by atoms with Gasteiger partial charge in [-0.15, -0.1) is 0 Å². The summed E-state index contributed by atoms with van der Waals surface area (Å²) < 4.78 is 25.2. The van der Waals surface area contributed by atoms with Crippen molar-refractivity contribution in [3.05, 3.63) is 47.8 Å². The zero-order valence-corrected chi connectivity index (χ0v) is 28.7. The Kier molecular flexibility index (Phi) is 10.2. The van der Waals surface area contributed by atoms with Crippen LogP contribution in [0.5, 0.6) is 5.75 Å². The highest BCUT2D eigenvalue weighted by atomic mass is 16.7. The largest absolute Gasteiger partial charge is 0.495 e. The summed E-state index contributed by atoms with van der Waals surface area (Å²) in [5.74, 6) is 0.677. The number of anilines is 3. The maximum absolute atomic E-state index is 13.7. The predicted molar refractivity (Wildman–Crippen MR) is 182 cm³/mol. The fraction of sp³-hybridized carbons (Fsp3) is 0.543. The number of methoxy groups -OCH3 is 1. The van der Waals surface area contributed by atoms with Crippen LogP contribution < -0.4 is 15.0 Å². The molecular weight excluding hydrogens is 614 g/mol. The number of hydrogen-bond donors (Lipinski definition) is 1. The van der Waals surface area contributed by atoms with E-state index in [0.717, 1.165) is 68.2 Å². The first kappa shape index (κ1) is 33.7. The highest BCUT2D eigenvalue weighted by Gasteiger charge is 2.35. The molecular formula is C35H47N7O6. The molecule has 0 bridgehead atoms. The number of imide groups is 1. The number of ether oxygens (including phenoxy) is 4. The van der Waals surface area contributed by atoms with E-state index in [4.69, 9.17) is 23.9 Å². The van der Waals surface area contributed by atoms with Crippen molar-refractivity contribution in [2.75, 3.05) is 70.3 Å². The second-order valence-electron chi connectivity index (χ2n) is 13.5. The van der Waals surface area contributed by atoms with E-state index in [1.807, 2.05) is 18.2 Å². The van der Waals surface area contributed by atoms with Gasteiger partial charge in [0.1, 0.15) is 11.4 Å². The third-order valence-corrected chi connectivity index (χ3v) is 8.84. The van der Waals surface area contributed by atoms with Crippen molar-refractivity contribution in [1.29, 1.82) is 0 Å². The number of nitrogens with one attached hydrogen (secondary N) is 1. The van der Waals surface area contributed by atoms with Gasteiger partial charge in [-0.1, -0.05) is 0 Å². The van der Waals surface area contributed by atoms with Gasteiger partial charge in [0.2, 0.25) is 5.95 Å². The van der Waals surface area contributed by atoms with Crippen molar-refractivity contribution in [2.45, 2.75) is 64.9 Å². The Morgan fingerprint density at radius 3 is 2.62 bits per heavy atom. The van der Waals surface area contributed by atoms with Crippen molar-refractivity contribution in [1.82, 2.24) is 24.3 Å². The summed E-state index contributed by atoms with van der Waals surface area (Å²) >= 11 is 0. The van der Waals surface area contributed by atoms with Gasteiger partial charge in [0, 0.05) is 69.9 Å². The lowest BCUT2D eigenvalue weighted by atomic mass is 10.1. The molecule has 3 aromatic rings. The molecule has 1 aromatic carbocycles. The molecule has 0 aliphatic carbocycles. The van der Waals surface area contributed by atoms with Crippen molar-refractivity contribution in [2.24, 2.45) is 0 Å². The normalized spacial score (nSPS) is 18.9. The first-order chi connectivity index (χ1) is 23.1. The molecule has 2 fully saturated rings. The van der Waals surface area contributed by atoms with E-state index in [9.17, 15) is 9.59 Å². The Bertz CT molecular complexity index is 1610. The lowest BCUT2D eigenvalue weighted by Gasteiger charge is -2.34. The molecule has 2 saturated heterocycles. The zero-order chi connectivity index (χ0) is 33.8. The third-order valence-electron chi connectivity index (χ3n) is 8.84. The molecule has 48 heavy (non-hydrogen) atoms. The molecule has 1 atom stereocenters. The second kappa shape index (κ2) is 14.5. The van der Waals surface area contributed by atoms with Crippen LogP contribution in [0.2, 0.25) is 0 Å². The van der Waals surface area contributed by atoms with E-state index < -0.39 is 11.7 Å². The maximum Gasteiger partial charge on any atom is 0.417 e. The highest BCUT2D eigenvalue weighted by molar-refractivity contribution is 6.05. The van der Waals surface area contributed by atoms with Crippen molar-refractivity contribution >= 4 is 29.3 Å². The number of aromatic nitrogens is 3. The van der Waals surface area contributed by atoms with E-state index in [1.165, 1.54) is 4.90 Å². The molecule has 6 rings (SSSR count). The lowest BCUT2D eigenvalue weighted by molar-refractivity contribution is -0.163. The maximum atomic E-state index is 13.7. The molecule has 1 N–H and O–H groups in total. The Labute approximate surface area is 282 Å². The van der Waals surface area contributed by atoms with Crippen LogP contribution in [0.1, 0.15) is 56.1 Å². The number of carbonyl (C=O) groups is 2. The Balaban J connectivity index is 1.29. The van der Waals surface area contributed by atoms with Crippen LogP contribution in [-0.4, -0.2) is 108 Å². The van der Waals surface area contributed by atoms with Gasteiger partial charge >= 0.3 is 6.09 Å². The van der Waals surface area contributed by atoms with Crippen LogP contribution in [0.4, 0.5) is 22.1 Å². The number of hydrogen-bond acceptors (Lipinski definition) is 11. The van der Waals surface area contributed by atoms with E-state index in [0.29, 0.717) is 49.1 Å². The van der Waals surface area contributed by atoms with Gasteiger partial charge in [-0.05, 0) is 77.4 Å². The van der Waals surface area contributed by atoms with Gasteiger partial charge in [0.05, 0.1) is 36.4 Å². The van der Waals surface area contributed by atoms with Crippen LogP contribution in [0.3, 0.4) is 0 Å². The second-order valence-corrected chi connectivity index (χ2v) is 13.5. The highest BCUT2D eigenvalue weighted by Crippen LogP contribution is 2.34. The Hall–Kier alpha value is -4.20. The molecule has 2 amide bonds. The molecule has 0 radical (unpaired) electrons. The molecule has 13 heteroatoms. The fourth-order valence-electron chi connectivity index (χ4n) is 6.32. The van der Waals surface area contributed by atoms with Crippen molar-refractivity contribution in [3.8, 4) is 17.1 Å². The van der Waals surface area contributed by atoms with Gasteiger partial charge in [0.15, 0.2) is 6.29 Å². The molecule has 13 nitrogen and oxygen atoms in total. The number of carbonyl (C=O) groups excluding carboxylic acids is 2. The molecule has 0 saturated carbocycles. The lowest BCUT2D eigenvalue weighted by Crippen LogP contribution is -2.44. The minimum atomic E-state index is -0.718. The molecule has 2 aromatic heterocycles. The van der Waals surface area contributed by atoms with Crippen molar-refractivity contribution < 1.29 is 28.5 Å². The van der Waals surface area contributed by atoms with Gasteiger partial charge in [-0.25, -0.2) is 19.7 Å². The zero-order valence-electron chi connectivity index (χ0n) is 28.7. The van der Waals surface area contributed by atoms with Gasteiger partial charge in [0.25, 0.3) is 5.91 Å². The number of nitrogens with zero attached hydrogens (tertiary/aromatic N) is 6. The van der Waals surface area contributed by atoms with Crippen LogP contribution in [0.25, 0.3) is 11.4 Å². The van der Waals surface area contributed by atoms with E-state index in [1.54, 1.807) is 34.1 Å². The standard InChI is InChI=1S/C35H47N7O6/c1-35(2,3)48-34(44)42-14-12-28-25(32(42)43)23-29(41(28)19-21-47-31-8-6-7-20-46-31)26-11-13-36-33(37-26)38-27-22-24(9-10-30(27)45-5)40-17-15-39(4)16-18-40/h9-11,13,22-23,31H,6-8,12,14-21H2,1-5H3,(H,36,37,38). The van der Waals surface area contributed by atoms with E-state index >= 15 is 0 Å². The average molecular weight is 662 g/mol. The third kappa shape index (κ3) is 7.74.